The highest BCUT2D eigenvalue weighted by Gasteiger charge is 2.15. The molecule has 1 aromatic carbocycles. The summed E-state index contributed by atoms with van der Waals surface area (Å²) in [6.45, 7) is 6.34. The molecule has 0 fully saturated rings. The second-order valence-corrected chi connectivity index (χ2v) is 6.15. The number of nitrogen functional groups attached to an aromatic ring is 1. The van der Waals surface area contributed by atoms with Crippen LogP contribution in [0, 0.1) is 0 Å². The number of ether oxygens (including phenoxy) is 1. The van der Waals surface area contributed by atoms with Gasteiger partial charge in [-0.3, -0.25) is 4.99 Å². The van der Waals surface area contributed by atoms with E-state index in [1.807, 2.05) is 39.0 Å². The molecule has 0 aliphatic carbocycles. The Morgan fingerprint density at radius 3 is 2.85 bits per heavy atom. The van der Waals surface area contributed by atoms with Gasteiger partial charge in [0.25, 0.3) is 0 Å². The van der Waals surface area contributed by atoms with Gasteiger partial charge >= 0.3 is 6.09 Å². The van der Waals surface area contributed by atoms with Crippen LogP contribution in [0.1, 0.15) is 26.3 Å². The first-order valence-electron chi connectivity index (χ1n) is 6.29. The minimum absolute atomic E-state index is 0.416. The molecule has 0 bridgehead atoms. The topological polar surface area (TPSA) is 76.7 Å². The van der Waals surface area contributed by atoms with Crippen LogP contribution < -0.4 is 11.1 Å². The molecular weight excluding hydrogens is 322 g/mol. The molecule has 3 N–H and O–H groups in total. The SMILES string of the molecule is CC(C)(C)OC(=O)NCCN=Cc1cc(Br)ccc1N. The predicted octanol–water partition coefficient (Wildman–Crippen LogP) is 2.97. The van der Waals surface area contributed by atoms with Crippen LogP contribution in [0.2, 0.25) is 0 Å². The Bertz CT molecular complexity index is 496. The molecule has 1 amide bonds. The molecule has 1 aromatic rings. The van der Waals surface area contributed by atoms with E-state index in [-0.39, 0.29) is 0 Å². The summed E-state index contributed by atoms with van der Waals surface area (Å²) >= 11 is 3.38. The summed E-state index contributed by atoms with van der Waals surface area (Å²) in [6, 6.07) is 5.57. The first-order chi connectivity index (χ1) is 9.28. The third-order valence-corrected chi connectivity index (χ3v) is 2.68. The van der Waals surface area contributed by atoms with Crippen LogP contribution >= 0.6 is 15.9 Å². The molecule has 0 spiro atoms. The maximum Gasteiger partial charge on any atom is 0.407 e. The Kier molecular flexibility index (Phi) is 6.01. The van der Waals surface area contributed by atoms with Crippen molar-refractivity contribution in [1.29, 1.82) is 0 Å². The van der Waals surface area contributed by atoms with E-state index in [1.54, 1.807) is 6.21 Å². The molecule has 0 unspecified atom stereocenters. The number of nitrogens with two attached hydrogens (primary N) is 1. The number of carbonyl (C=O) groups is 1. The fourth-order valence-corrected chi connectivity index (χ4v) is 1.74. The molecule has 0 saturated carbocycles. The summed E-state index contributed by atoms with van der Waals surface area (Å²) in [5, 5.41) is 2.64. The zero-order valence-corrected chi connectivity index (χ0v) is 13.5. The molecule has 0 radical (unpaired) electrons. The number of carbonyl (C=O) groups excluding carboxylic acids is 1. The maximum absolute atomic E-state index is 11.4. The summed E-state index contributed by atoms with van der Waals surface area (Å²) < 4.78 is 6.05. The Labute approximate surface area is 127 Å². The molecule has 0 heterocycles. The molecule has 0 saturated heterocycles. The van der Waals surface area contributed by atoms with Crippen LogP contribution in [-0.4, -0.2) is 31.0 Å². The number of aliphatic imine (C=N–C) groups is 1. The minimum Gasteiger partial charge on any atom is -0.444 e. The first kappa shape index (κ1) is 16.5. The van der Waals surface area contributed by atoms with Crippen molar-refractivity contribution in [2.24, 2.45) is 4.99 Å². The molecule has 6 heteroatoms. The molecular formula is C14H20BrN3O2. The lowest BCUT2D eigenvalue weighted by Crippen LogP contribution is -2.33. The molecule has 0 aliphatic heterocycles. The molecule has 0 aliphatic rings. The Hall–Kier alpha value is -1.56. The standard InChI is InChI=1S/C14H20BrN3O2/c1-14(2,3)20-13(19)18-7-6-17-9-10-8-11(15)4-5-12(10)16/h4-5,8-9H,6-7,16H2,1-3H3,(H,18,19). The van der Waals surface area contributed by atoms with E-state index in [2.05, 4.69) is 26.2 Å². The van der Waals surface area contributed by atoms with Gasteiger partial charge in [-0.25, -0.2) is 4.79 Å². The zero-order chi connectivity index (χ0) is 15.2. The second kappa shape index (κ2) is 7.28. The number of anilines is 1. The largest absolute Gasteiger partial charge is 0.444 e. The van der Waals surface area contributed by atoms with E-state index in [9.17, 15) is 4.79 Å². The first-order valence-corrected chi connectivity index (χ1v) is 7.09. The lowest BCUT2D eigenvalue weighted by Gasteiger charge is -2.19. The van der Waals surface area contributed by atoms with Crippen molar-refractivity contribution < 1.29 is 9.53 Å². The smallest absolute Gasteiger partial charge is 0.407 e. The highest BCUT2D eigenvalue weighted by Crippen LogP contribution is 2.16. The van der Waals surface area contributed by atoms with Crippen molar-refractivity contribution in [1.82, 2.24) is 5.32 Å². The third-order valence-electron chi connectivity index (χ3n) is 2.19. The molecule has 110 valence electrons. The van der Waals surface area contributed by atoms with E-state index in [4.69, 9.17) is 10.5 Å². The van der Waals surface area contributed by atoms with E-state index >= 15 is 0 Å². The van der Waals surface area contributed by atoms with E-state index in [0.717, 1.165) is 10.0 Å². The van der Waals surface area contributed by atoms with Gasteiger partial charge in [-0.05, 0) is 39.0 Å². The Morgan fingerprint density at radius 1 is 1.50 bits per heavy atom. The van der Waals surface area contributed by atoms with Crippen LogP contribution in [0.3, 0.4) is 0 Å². The minimum atomic E-state index is -0.488. The van der Waals surface area contributed by atoms with Gasteiger partial charge in [0.05, 0.1) is 6.54 Å². The van der Waals surface area contributed by atoms with Crippen LogP contribution in [-0.2, 0) is 4.74 Å². The van der Waals surface area contributed by atoms with E-state index < -0.39 is 11.7 Å². The number of halogens is 1. The van der Waals surface area contributed by atoms with Crippen molar-refractivity contribution in [3.63, 3.8) is 0 Å². The van der Waals surface area contributed by atoms with Crippen LogP contribution in [0.15, 0.2) is 27.7 Å². The average molecular weight is 342 g/mol. The number of benzene rings is 1. The average Bonchev–Trinajstić information content (AvgIpc) is 2.30. The Balaban J connectivity index is 2.36. The number of hydrogen-bond donors (Lipinski definition) is 2. The van der Waals surface area contributed by atoms with Crippen molar-refractivity contribution in [2.75, 3.05) is 18.8 Å². The highest BCUT2D eigenvalue weighted by molar-refractivity contribution is 9.10. The molecule has 1 rings (SSSR count). The van der Waals surface area contributed by atoms with E-state index in [1.165, 1.54) is 0 Å². The van der Waals surface area contributed by atoms with Crippen LogP contribution in [0.4, 0.5) is 10.5 Å². The fourth-order valence-electron chi connectivity index (χ4n) is 1.36. The van der Waals surface area contributed by atoms with Gasteiger partial charge in [-0.1, -0.05) is 15.9 Å². The predicted molar refractivity (Wildman–Crippen MR) is 85.3 cm³/mol. The molecule has 0 atom stereocenters. The second-order valence-electron chi connectivity index (χ2n) is 5.24. The molecule has 5 nitrogen and oxygen atoms in total. The Morgan fingerprint density at radius 2 is 2.20 bits per heavy atom. The van der Waals surface area contributed by atoms with Gasteiger partial charge in [0.1, 0.15) is 5.60 Å². The molecule has 20 heavy (non-hydrogen) atoms. The number of nitrogens with zero attached hydrogens (tertiary/aromatic N) is 1. The van der Waals surface area contributed by atoms with Gasteiger partial charge in [-0.15, -0.1) is 0 Å². The summed E-state index contributed by atoms with van der Waals surface area (Å²) in [5.74, 6) is 0. The lowest BCUT2D eigenvalue weighted by molar-refractivity contribution is 0.0529. The van der Waals surface area contributed by atoms with Gasteiger partial charge in [0.15, 0.2) is 0 Å². The van der Waals surface area contributed by atoms with Crippen molar-refractivity contribution in [3.05, 3.63) is 28.2 Å². The summed E-state index contributed by atoms with van der Waals surface area (Å²) in [6.07, 6.45) is 1.26. The summed E-state index contributed by atoms with van der Waals surface area (Å²) in [5.41, 5.74) is 6.84. The maximum atomic E-state index is 11.4. The number of nitrogens with one attached hydrogen (secondary N) is 1. The number of alkyl carbamates (subject to hydrolysis) is 1. The fraction of sp³-hybridized carbons (Fsp3) is 0.429. The highest BCUT2D eigenvalue weighted by atomic mass is 79.9. The monoisotopic (exact) mass is 341 g/mol. The summed E-state index contributed by atoms with van der Waals surface area (Å²) in [7, 11) is 0. The summed E-state index contributed by atoms with van der Waals surface area (Å²) in [4.78, 5) is 15.6. The van der Waals surface area contributed by atoms with Gasteiger partial charge in [0, 0.05) is 28.5 Å². The van der Waals surface area contributed by atoms with E-state index in [0.29, 0.717) is 18.8 Å². The zero-order valence-electron chi connectivity index (χ0n) is 11.9. The van der Waals surface area contributed by atoms with Crippen molar-refractivity contribution in [2.45, 2.75) is 26.4 Å². The molecule has 0 aromatic heterocycles. The van der Waals surface area contributed by atoms with Crippen LogP contribution in [0.5, 0.6) is 0 Å². The lowest BCUT2D eigenvalue weighted by atomic mass is 10.2. The number of rotatable bonds is 4. The quantitative estimate of drug-likeness (QED) is 0.502. The van der Waals surface area contributed by atoms with Crippen molar-refractivity contribution in [3.8, 4) is 0 Å². The normalized spacial score (nSPS) is 11.6. The van der Waals surface area contributed by atoms with Gasteiger partial charge in [-0.2, -0.15) is 0 Å². The van der Waals surface area contributed by atoms with Gasteiger partial charge in [0.2, 0.25) is 0 Å². The number of amides is 1. The third kappa shape index (κ3) is 6.56. The number of hydrogen-bond acceptors (Lipinski definition) is 4. The van der Waals surface area contributed by atoms with Crippen LogP contribution in [0.25, 0.3) is 0 Å². The van der Waals surface area contributed by atoms with Crippen molar-refractivity contribution >= 4 is 33.9 Å². The van der Waals surface area contributed by atoms with Gasteiger partial charge < -0.3 is 15.8 Å².